The van der Waals surface area contributed by atoms with Crippen molar-refractivity contribution in [3.05, 3.63) is 47.0 Å². The van der Waals surface area contributed by atoms with E-state index in [-0.39, 0.29) is 53.0 Å². The fraction of sp³-hybridized carbons (Fsp3) is 0.278. The van der Waals surface area contributed by atoms with Crippen LogP contribution in [-0.4, -0.2) is 67.1 Å². The molecule has 1 amide bonds. The molecule has 0 saturated carbocycles. The summed E-state index contributed by atoms with van der Waals surface area (Å²) in [6, 6.07) is 9.64. The van der Waals surface area contributed by atoms with Crippen LogP contribution in [-0.2, 0) is 10.0 Å². The maximum absolute atomic E-state index is 13.1. The summed E-state index contributed by atoms with van der Waals surface area (Å²) in [5.74, 6) is 0.508. The predicted octanol–water partition coefficient (Wildman–Crippen LogP) is 2.03. The molecule has 1 aliphatic heterocycles. The van der Waals surface area contributed by atoms with Gasteiger partial charge in [-0.2, -0.15) is 4.31 Å². The van der Waals surface area contributed by atoms with Crippen LogP contribution in [0, 0.1) is 0 Å². The molecule has 152 valence electrons. The SMILES string of the molecule is COc1ccc(C(=O)N2CCN(S(=O)(=O)c3ccc(Cl)c4nonc34)CC2)cc1. The molecule has 4 rings (SSSR count). The Morgan fingerprint density at radius 3 is 2.34 bits per heavy atom. The Morgan fingerprint density at radius 1 is 1.03 bits per heavy atom. The fourth-order valence-electron chi connectivity index (χ4n) is 3.21. The van der Waals surface area contributed by atoms with Crippen LogP contribution < -0.4 is 4.74 Å². The average Bonchev–Trinajstić information content (AvgIpc) is 3.24. The molecular weight excluding hydrogens is 420 g/mol. The highest BCUT2D eigenvalue weighted by Gasteiger charge is 2.33. The van der Waals surface area contributed by atoms with Crippen molar-refractivity contribution in [1.29, 1.82) is 0 Å². The molecule has 0 aliphatic carbocycles. The number of carbonyl (C=O) groups is 1. The number of hydrogen-bond donors (Lipinski definition) is 0. The lowest BCUT2D eigenvalue weighted by Crippen LogP contribution is -2.50. The van der Waals surface area contributed by atoms with Gasteiger partial charge in [0.05, 0.1) is 12.1 Å². The van der Waals surface area contributed by atoms with E-state index < -0.39 is 10.0 Å². The largest absolute Gasteiger partial charge is 0.497 e. The minimum Gasteiger partial charge on any atom is -0.497 e. The number of carbonyl (C=O) groups excluding carboxylic acids is 1. The Kier molecular flexibility index (Phi) is 5.15. The zero-order valence-corrected chi connectivity index (χ0v) is 17.0. The third kappa shape index (κ3) is 3.54. The van der Waals surface area contributed by atoms with E-state index in [4.69, 9.17) is 16.3 Å². The van der Waals surface area contributed by atoms with E-state index in [9.17, 15) is 13.2 Å². The number of fused-ring (bicyclic) bond motifs is 1. The van der Waals surface area contributed by atoms with Crippen molar-refractivity contribution in [1.82, 2.24) is 19.5 Å². The summed E-state index contributed by atoms with van der Waals surface area (Å²) in [5, 5.41) is 7.60. The first-order valence-electron chi connectivity index (χ1n) is 8.76. The van der Waals surface area contributed by atoms with Crippen molar-refractivity contribution in [2.45, 2.75) is 4.90 Å². The first-order valence-corrected chi connectivity index (χ1v) is 10.6. The van der Waals surface area contributed by atoms with Gasteiger partial charge >= 0.3 is 0 Å². The number of aromatic nitrogens is 2. The number of nitrogens with zero attached hydrogens (tertiary/aromatic N) is 4. The van der Waals surface area contributed by atoms with Crippen LogP contribution in [0.1, 0.15) is 10.4 Å². The van der Waals surface area contributed by atoms with E-state index in [2.05, 4.69) is 14.9 Å². The van der Waals surface area contributed by atoms with E-state index in [1.165, 1.54) is 16.4 Å². The first kappa shape index (κ1) is 19.6. The lowest BCUT2D eigenvalue weighted by Gasteiger charge is -2.34. The lowest BCUT2D eigenvalue weighted by molar-refractivity contribution is 0.0698. The summed E-state index contributed by atoms with van der Waals surface area (Å²) < 4.78 is 37.2. The molecule has 11 heteroatoms. The Balaban J connectivity index is 1.50. The second-order valence-electron chi connectivity index (χ2n) is 6.43. The summed E-state index contributed by atoms with van der Waals surface area (Å²) in [4.78, 5) is 14.3. The third-order valence-corrected chi connectivity index (χ3v) is 7.05. The van der Waals surface area contributed by atoms with Crippen molar-refractivity contribution in [2.75, 3.05) is 33.3 Å². The molecule has 9 nitrogen and oxygen atoms in total. The van der Waals surface area contributed by atoms with Crippen LogP contribution in [0.4, 0.5) is 0 Å². The molecule has 2 heterocycles. The Morgan fingerprint density at radius 2 is 1.69 bits per heavy atom. The lowest BCUT2D eigenvalue weighted by atomic mass is 10.2. The van der Waals surface area contributed by atoms with Gasteiger partial charge in [-0.3, -0.25) is 4.79 Å². The molecular formula is C18H17ClN4O5S. The van der Waals surface area contributed by atoms with Crippen LogP contribution in [0.5, 0.6) is 5.75 Å². The van der Waals surface area contributed by atoms with Crippen molar-refractivity contribution >= 4 is 38.6 Å². The average molecular weight is 437 g/mol. The van der Waals surface area contributed by atoms with E-state index in [0.717, 1.165) is 0 Å². The number of rotatable bonds is 4. The first-order chi connectivity index (χ1) is 13.9. The van der Waals surface area contributed by atoms with Gasteiger partial charge in [0.25, 0.3) is 5.91 Å². The highest BCUT2D eigenvalue weighted by Crippen LogP contribution is 2.29. The van der Waals surface area contributed by atoms with Gasteiger partial charge in [0.2, 0.25) is 10.0 Å². The maximum Gasteiger partial charge on any atom is 0.253 e. The number of methoxy groups -OCH3 is 1. The highest BCUT2D eigenvalue weighted by atomic mass is 35.5. The molecule has 29 heavy (non-hydrogen) atoms. The number of benzene rings is 2. The molecule has 1 fully saturated rings. The van der Waals surface area contributed by atoms with E-state index in [1.54, 1.807) is 36.3 Å². The third-order valence-electron chi connectivity index (χ3n) is 4.81. The van der Waals surface area contributed by atoms with Crippen LogP contribution in [0.15, 0.2) is 45.9 Å². The van der Waals surface area contributed by atoms with E-state index in [1.807, 2.05) is 0 Å². The highest BCUT2D eigenvalue weighted by molar-refractivity contribution is 7.89. The number of piperazine rings is 1. The monoisotopic (exact) mass is 436 g/mol. The van der Waals surface area contributed by atoms with E-state index in [0.29, 0.717) is 11.3 Å². The van der Waals surface area contributed by atoms with Crippen LogP contribution in [0.25, 0.3) is 11.0 Å². The topological polar surface area (TPSA) is 106 Å². The molecule has 1 aliphatic rings. The molecule has 3 aromatic rings. The van der Waals surface area contributed by atoms with Crippen molar-refractivity contribution in [3.63, 3.8) is 0 Å². The molecule has 1 aromatic heterocycles. The molecule has 1 saturated heterocycles. The summed E-state index contributed by atoms with van der Waals surface area (Å²) in [6.07, 6.45) is 0. The van der Waals surface area contributed by atoms with Crippen LogP contribution in [0.3, 0.4) is 0 Å². The van der Waals surface area contributed by atoms with Crippen LogP contribution in [0.2, 0.25) is 5.02 Å². The quantitative estimate of drug-likeness (QED) is 0.616. The normalized spacial score (nSPS) is 15.6. The standard InChI is InChI=1S/C18H17ClN4O5S/c1-27-13-4-2-12(3-5-13)18(24)22-8-10-23(11-9-22)29(25,26)15-7-6-14(19)16-17(15)21-28-20-16/h2-7H,8-11H2,1H3. The van der Waals surface area contributed by atoms with Gasteiger partial charge in [-0.05, 0) is 46.7 Å². The van der Waals surface area contributed by atoms with Gasteiger partial charge in [0.15, 0.2) is 11.0 Å². The molecule has 0 radical (unpaired) electrons. The van der Waals surface area contributed by atoms with Gasteiger partial charge in [0, 0.05) is 31.7 Å². The number of amides is 1. The van der Waals surface area contributed by atoms with Gasteiger partial charge in [-0.1, -0.05) is 11.6 Å². The number of halogens is 1. The predicted molar refractivity (Wildman–Crippen MR) is 104 cm³/mol. The minimum absolute atomic E-state index is 0.0203. The second-order valence-corrected chi connectivity index (χ2v) is 8.75. The Labute approximate surface area is 171 Å². The zero-order chi connectivity index (χ0) is 20.6. The minimum atomic E-state index is -3.84. The number of hydrogen-bond acceptors (Lipinski definition) is 7. The van der Waals surface area contributed by atoms with Crippen molar-refractivity contribution in [3.8, 4) is 5.75 Å². The number of ether oxygens (including phenoxy) is 1. The molecule has 2 aromatic carbocycles. The van der Waals surface area contributed by atoms with Crippen LogP contribution >= 0.6 is 11.6 Å². The summed E-state index contributed by atoms with van der Waals surface area (Å²) >= 11 is 6.01. The number of sulfonamides is 1. The summed E-state index contributed by atoms with van der Waals surface area (Å²) in [6.45, 7) is 0.884. The molecule has 0 spiro atoms. The maximum atomic E-state index is 13.1. The second kappa shape index (κ2) is 7.62. The molecule has 0 unspecified atom stereocenters. The molecule has 0 atom stereocenters. The summed E-state index contributed by atoms with van der Waals surface area (Å²) in [7, 11) is -2.28. The molecule has 0 N–H and O–H groups in total. The fourth-order valence-corrected chi connectivity index (χ4v) is 4.94. The van der Waals surface area contributed by atoms with E-state index >= 15 is 0 Å². The van der Waals surface area contributed by atoms with Gasteiger partial charge < -0.3 is 9.64 Å². The summed E-state index contributed by atoms with van der Waals surface area (Å²) in [5.41, 5.74) is 0.811. The zero-order valence-electron chi connectivity index (χ0n) is 15.4. The van der Waals surface area contributed by atoms with Gasteiger partial charge in [-0.15, -0.1) is 0 Å². The smallest absolute Gasteiger partial charge is 0.253 e. The van der Waals surface area contributed by atoms with Crippen molar-refractivity contribution < 1.29 is 22.6 Å². The van der Waals surface area contributed by atoms with Crippen molar-refractivity contribution in [2.24, 2.45) is 0 Å². The van der Waals surface area contributed by atoms with Gasteiger partial charge in [-0.25, -0.2) is 13.0 Å². The Bertz CT molecular complexity index is 1150. The molecule has 0 bridgehead atoms. The van der Waals surface area contributed by atoms with Gasteiger partial charge in [0.1, 0.15) is 10.6 Å². The Hall–Kier alpha value is -2.69.